The van der Waals surface area contributed by atoms with Gasteiger partial charge in [-0.25, -0.2) is 0 Å². The molecule has 1 saturated heterocycles. The van der Waals surface area contributed by atoms with Crippen molar-refractivity contribution in [2.45, 2.75) is 18.9 Å². The summed E-state index contributed by atoms with van der Waals surface area (Å²) >= 11 is 6.28. The molecule has 3 heterocycles. The number of benzene rings is 2. The van der Waals surface area contributed by atoms with E-state index in [0.717, 1.165) is 29.9 Å². The van der Waals surface area contributed by atoms with E-state index in [9.17, 15) is 9.59 Å². The third-order valence-corrected chi connectivity index (χ3v) is 7.26. The van der Waals surface area contributed by atoms with E-state index in [4.69, 9.17) is 21.1 Å². The van der Waals surface area contributed by atoms with Crippen LogP contribution >= 0.6 is 11.6 Å². The zero-order valence-corrected chi connectivity index (χ0v) is 20.9. The first kappa shape index (κ1) is 23.5. The van der Waals surface area contributed by atoms with Crippen LogP contribution in [0.4, 0.5) is 5.82 Å². The molecule has 0 radical (unpaired) electrons. The number of halogens is 1. The van der Waals surface area contributed by atoms with Crippen LogP contribution in [0.2, 0.25) is 5.02 Å². The average Bonchev–Trinajstić information content (AvgIpc) is 3.67. The molecule has 2 aliphatic heterocycles. The SMILES string of the molecule is O=C(CN(C(=O)c1ccc2c(c1)OCO2)C1CC1)N1CCN(c2ccc(-c3ccccc3Cl)nn2)CC1. The van der Waals surface area contributed by atoms with Gasteiger partial charge in [0.05, 0.1) is 10.7 Å². The van der Waals surface area contributed by atoms with Gasteiger partial charge in [0.2, 0.25) is 12.7 Å². The van der Waals surface area contributed by atoms with Crippen molar-refractivity contribution in [3.8, 4) is 22.8 Å². The number of anilines is 1. The molecule has 1 saturated carbocycles. The lowest BCUT2D eigenvalue weighted by Gasteiger charge is -2.36. The standard InChI is InChI=1S/C27H26ClN5O4/c28-21-4-2-1-3-20(21)22-8-10-25(30-29-22)31-11-13-32(14-12-31)26(34)16-33(19-6-7-19)27(35)18-5-9-23-24(15-18)37-17-36-23/h1-5,8-10,15,19H,6-7,11-14,16-17H2. The van der Waals surface area contributed by atoms with Crippen molar-refractivity contribution in [2.75, 3.05) is 44.4 Å². The van der Waals surface area contributed by atoms with Crippen molar-refractivity contribution in [1.82, 2.24) is 20.0 Å². The molecule has 1 aliphatic carbocycles. The fourth-order valence-electron chi connectivity index (χ4n) is 4.69. The van der Waals surface area contributed by atoms with Gasteiger partial charge in [0.1, 0.15) is 6.54 Å². The van der Waals surface area contributed by atoms with Crippen LogP contribution in [0.5, 0.6) is 11.5 Å². The Morgan fingerprint density at radius 2 is 1.73 bits per heavy atom. The van der Waals surface area contributed by atoms with E-state index in [1.165, 1.54) is 0 Å². The van der Waals surface area contributed by atoms with Crippen LogP contribution in [-0.4, -0.2) is 77.4 Å². The van der Waals surface area contributed by atoms with Crippen LogP contribution in [0.25, 0.3) is 11.3 Å². The minimum Gasteiger partial charge on any atom is -0.454 e. The van der Waals surface area contributed by atoms with Crippen molar-refractivity contribution in [3.05, 3.63) is 65.2 Å². The molecule has 3 aliphatic rings. The van der Waals surface area contributed by atoms with Gasteiger partial charge >= 0.3 is 0 Å². The first-order valence-corrected chi connectivity index (χ1v) is 12.8. The van der Waals surface area contributed by atoms with Crippen LogP contribution < -0.4 is 14.4 Å². The van der Waals surface area contributed by atoms with Crippen LogP contribution in [-0.2, 0) is 4.79 Å². The summed E-state index contributed by atoms with van der Waals surface area (Å²) < 4.78 is 10.8. The molecule has 3 aromatic rings. The van der Waals surface area contributed by atoms with Gasteiger partial charge in [0.15, 0.2) is 17.3 Å². The number of aromatic nitrogens is 2. The first-order valence-electron chi connectivity index (χ1n) is 12.4. The quantitative estimate of drug-likeness (QED) is 0.492. The first-order chi connectivity index (χ1) is 18.1. The number of nitrogens with zero attached hydrogens (tertiary/aromatic N) is 5. The fraction of sp³-hybridized carbons (Fsp3) is 0.333. The molecule has 190 valence electrons. The smallest absolute Gasteiger partial charge is 0.254 e. The second kappa shape index (κ2) is 9.89. The van der Waals surface area contributed by atoms with Crippen molar-refractivity contribution in [1.29, 1.82) is 0 Å². The molecule has 0 spiro atoms. The molecule has 37 heavy (non-hydrogen) atoms. The molecule has 2 aromatic carbocycles. The molecule has 9 nitrogen and oxygen atoms in total. The van der Waals surface area contributed by atoms with E-state index in [-0.39, 0.29) is 31.2 Å². The molecular formula is C27H26ClN5O4. The summed E-state index contributed by atoms with van der Waals surface area (Å²) in [5.74, 6) is 1.77. The monoisotopic (exact) mass is 519 g/mol. The van der Waals surface area contributed by atoms with Gasteiger partial charge in [-0.15, -0.1) is 10.2 Å². The van der Waals surface area contributed by atoms with Crippen molar-refractivity contribution < 1.29 is 19.1 Å². The van der Waals surface area contributed by atoms with Crippen LogP contribution in [0, 0.1) is 0 Å². The number of amides is 2. The minimum absolute atomic E-state index is 0.0409. The van der Waals surface area contributed by atoms with E-state index < -0.39 is 0 Å². The molecule has 0 N–H and O–H groups in total. The van der Waals surface area contributed by atoms with E-state index in [2.05, 4.69) is 15.1 Å². The Kier molecular flexibility index (Phi) is 6.30. The highest BCUT2D eigenvalue weighted by Gasteiger charge is 2.36. The third-order valence-electron chi connectivity index (χ3n) is 6.93. The highest BCUT2D eigenvalue weighted by molar-refractivity contribution is 6.33. The zero-order chi connectivity index (χ0) is 25.4. The minimum atomic E-state index is -0.151. The van der Waals surface area contributed by atoms with E-state index in [1.54, 1.807) is 23.1 Å². The molecule has 0 unspecified atom stereocenters. The second-order valence-corrected chi connectivity index (χ2v) is 9.76. The van der Waals surface area contributed by atoms with Gasteiger partial charge in [-0.1, -0.05) is 29.8 Å². The normalized spacial score (nSPS) is 16.6. The lowest BCUT2D eigenvalue weighted by molar-refractivity contribution is -0.132. The molecule has 10 heteroatoms. The summed E-state index contributed by atoms with van der Waals surface area (Å²) in [7, 11) is 0. The number of rotatable bonds is 6. The Balaban J connectivity index is 1.07. The lowest BCUT2D eigenvalue weighted by atomic mass is 10.1. The number of hydrogen-bond acceptors (Lipinski definition) is 7. The molecule has 6 rings (SSSR count). The second-order valence-electron chi connectivity index (χ2n) is 9.36. The maximum Gasteiger partial charge on any atom is 0.254 e. The van der Waals surface area contributed by atoms with Gasteiger partial charge in [-0.2, -0.15) is 0 Å². The molecule has 2 amide bonds. The van der Waals surface area contributed by atoms with E-state index >= 15 is 0 Å². The summed E-state index contributed by atoms with van der Waals surface area (Å²) in [6.07, 6.45) is 1.83. The summed E-state index contributed by atoms with van der Waals surface area (Å²) in [4.78, 5) is 32.1. The largest absolute Gasteiger partial charge is 0.454 e. The van der Waals surface area contributed by atoms with Crippen LogP contribution in [0.3, 0.4) is 0 Å². The Morgan fingerprint density at radius 1 is 0.946 bits per heavy atom. The Hall–Kier alpha value is -3.85. The highest BCUT2D eigenvalue weighted by Crippen LogP contribution is 2.34. The fourth-order valence-corrected chi connectivity index (χ4v) is 4.92. The predicted octanol–water partition coefficient (Wildman–Crippen LogP) is 3.48. The number of hydrogen-bond donors (Lipinski definition) is 0. The molecular weight excluding hydrogens is 494 g/mol. The Bertz CT molecular complexity index is 1320. The topological polar surface area (TPSA) is 88.1 Å². The predicted molar refractivity (Wildman–Crippen MR) is 138 cm³/mol. The Labute approximate surface area is 219 Å². The summed E-state index contributed by atoms with van der Waals surface area (Å²) in [5, 5.41) is 9.38. The van der Waals surface area contributed by atoms with Crippen LogP contribution in [0.1, 0.15) is 23.2 Å². The van der Waals surface area contributed by atoms with Crippen molar-refractivity contribution in [2.24, 2.45) is 0 Å². The third kappa shape index (κ3) is 4.91. The number of ether oxygens (including phenoxy) is 2. The molecule has 2 fully saturated rings. The zero-order valence-electron chi connectivity index (χ0n) is 20.2. The van der Waals surface area contributed by atoms with Gasteiger partial charge in [0, 0.05) is 43.3 Å². The van der Waals surface area contributed by atoms with Crippen LogP contribution in [0.15, 0.2) is 54.6 Å². The number of carbonyl (C=O) groups excluding carboxylic acids is 2. The maximum absolute atomic E-state index is 13.3. The Morgan fingerprint density at radius 3 is 2.46 bits per heavy atom. The highest BCUT2D eigenvalue weighted by atomic mass is 35.5. The van der Waals surface area contributed by atoms with Crippen molar-refractivity contribution >= 4 is 29.2 Å². The summed E-state index contributed by atoms with van der Waals surface area (Å²) in [6, 6.07) is 16.7. The summed E-state index contributed by atoms with van der Waals surface area (Å²) in [5.41, 5.74) is 2.07. The lowest BCUT2D eigenvalue weighted by Crippen LogP contribution is -2.52. The molecule has 0 atom stereocenters. The van der Waals surface area contributed by atoms with Gasteiger partial charge in [-0.3, -0.25) is 9.59 Å². The number of carbonyl (C=O) groups is 2. The van der Waals surface area contributed by atoms with Crippen molar-refractivity contribution in [3.63, 3.8) is 0 Å². The molecule has 0 bridgehead atoms. The van der Waals surface area contributed by atoms with Gasteiger partial charge in [0.25, 0.3) is 5.91 Å². The number of piperazine rings is 1. The molecule has 1 aromatic heterocycles. The average molecular weight is 520 g/mol. The summed E-state index contributed by atoms with van der Waals surface area (Å²) in [6.45, 7) is 2.63. The van der Waals surface area contributed by atoms with Gasteiger partial charge < -0.3 is 24.2 Å². The van der Waals surface area contributed by atoms with E-state index in [0.29, 0.717) is 48.3 Å². The maximum atomic E-state index is 13.3. The van der Waals surface area contributed by atoms with E-state index in [1.807, 2.05) is 41.3 Å². The number of fused-ring (bicyclic) bond motifs is 1. The van der Waals surface area contributed by atoms with Gasteiger partial charge in [-0.05, 0) is 49.2 Å².